The first-order valence-electron chi connectivity index (χ1n) is 4.22. The second kappa shape index (κ2) is 4.84. The van der Waals surface area contributed by atoms with Crippen molar-refractivity contribution in [2.24, 2.45) is 0 Å². The monoisotopic (exact) mass is 259 g/mol. The van der Waals surface area contributed by atoms with Gasteiger partial charge in [-0.2, -0.15) is 0 Å². The maximum absolute atomic E-state index is 5.94. The smallest absolute Gasteiger partial charge is 0.278 e. The van der Waals surface area contributed by atoms with E-state index in [0.717, 1.165) is 4.88 Å². The Morgan fingerprint density at radius 2 is 2.13 bits per heavy atom. The summed E-state index contributed by atoms with van der Waals surface area (Å²) in [5.74, 6) is 1.05. The quantitative estimate of drug-likeness (QED) is 0.766. The molecule has 1 aromatic heterocycles. The molecule has 78 valence electrons. The zero-order valence-electron chi connectivity index (χ0n) is 7.61. The SMILES string of the molecule is ClCc1cnc(Oc2ccccc2Cl)s1. The van der Waals surface area contributed by atoms with E-state index in [2.05, 4.69) is 4.98 Å². The third-order valence-corrected chi connectivity index (χ3v) is 3.33. The number of hydrogen-bond donors (Lipinski definition) is 0. The lowest BCUT2D eigenvalue weighted by atomic mass is 10.3. The number of nitrogens with zero attached hydrogens (tertiary/aromatic N) is 1. The number of rotatable bonds is 3. The number of hydrogen-bond acceptors (Lipinski definition) is 3. The van der Waals surface area contributed by atoms with E-state index in [1.165, 1.54) is 11.3 Å². The fraction of sp³-hybridized carbons (Fsp3) is 0.100. The summed E-state index contributed by atoms with van der Waals surface area (Å²) in [6.45, 7) is 0. The molecule has 1 heterocycles. The molecule has 0 spiro atoms. The third-order valence-electron chi connectivity index (χ3n) is 1.70. The van der Waals surface area contributed by atoms with Crippen LogP contribution < -0.4 is 4.74 Å². The Kier molecular flexibility index (Phi) is 3.46. The normalized spacial score (nSPS) is 10.3. The molecule has 2 nitrogen and oxygen atoms in total. The Balaban J connectivity index is 2.18. The Labute approximate surface area is 101 Å². The largest absolute Gasteiger partial charge is 0.429 e. The average molecular weight is 260 g/mol. The second-order valence-electron chi connectivity index (χ2n) is 2.76. The van der Waals surface area contributed by atoms with Gasteiger partial charge in [-0.1, -0.05) is 35.1 Å². The number of thiazole rings is 1. The molecule has 0 radical (unpaired) electrons. The summed E-state index contributed by atoms with van der Waals surface area (Å²) in [5, 5.41) is 1.12. The lowest BCUT2D eigenvalue weighted by Crippen LogP contribution is -1.82. The van der Waals surface area contributed by atoms with Crippen molar-refractivity contribution in [2.45, 2.75) is 5.88 Å². The van der Waals surface area contributed by atoms with Crippen LogP contribution in [0.15, 0.2) is 30.5 Å². The highest BCUT2D eigenvalue weighted by molar-refractivity contribution is 7.13. The number of aromatic nitrogens is 1. The van der Waals surface area contributed by atoms with E-state index in [9.17, 15) is 0 Å². The number of benzene rings is 1. The van der Waals surface area contributed by atoms with Gasteiger partial charge in [0.15, 0.2) is 0 Å². The predicted molar refractivity (Wildman–Crippen MR) is 63.2 cm³/mol. The Bertz CT molecular complexity index is 458. The molecule has 0 aliphatic rings. The number of alkyl halides is 1. The van der Waals surface area contributed by atoms with Gasteiger partial charge in [0.05, 0.1) is 10.9 Å². The zero-order valence-corrected chi connectivity index (χ0v) is 9.94. The molecular formula is C10H7Cl2NOS. The van der Waals surface area contributed by atoms with Gasteiger partial charge < -0.3 is 4.74 Å². The third kappa shape index (κ3) is 2.62. The summed E-state index contributed by atoms with van der Waals surface area (Å²) in [4.78, 5) is 5.05. The van der Waals surface area contributed by atoms with Crippen LogP contribution in [0.1, 0.15) is 4.88 Å². The summed E-state index contributed by atoms with van der Waals surface area (Å²) in [7, 11) is 0. The number of halogens is 2. The highest BCUT2D eigenvalue weighted by atomic mass is 35.5. The van der Waals surface area contributed by atoms with Crippen molar-refractivity contribution in [3.63, 3.8) is 0 Å². The minimum atomic E-state index is 0.448. The van der Waals surface area contributed by atoms with Crippen LogP contribution in [0, 0.1) is 0 Å². The maximum Gasteiger partial charge on any atom is 0.278 e. The molecular weight excluding hydrogens is 253 g/mol. The molecule has 0 saturated heterocycles. The molecule has 1 aromatic carbocycles. The van der Waals surface area contributed by atoms with Crippen molar-refractivity contribution in [1.29, 1.82) is 0 Å². The lowest BCUT2D eigenvalue weighted by molar-refractivity contribution is 0.479. The van der Waals surface area contributed by atoms with E-state index in [-0.39, 0.29) is 0 Å². The van der Waals surface area contributed by atoms with Crippen LogP contribution in [0.5, 0.6) is 10.9 Å². The summed E-state index contributed by atoms with van der Waals surface area (Å²) in [5.41, 5.74) is 0. The van der Waals surface area contributed by atoms with Crippen LogP contribution in [0.2, 0.25) is 5.02 Å². The molecule has 2 aromatic rings. The van der Waals surface area contributed by atoms with Crippen LogP contribution >= 0.6 is 34.5 Å². The van der Waals surface area contributed by atoms with Crippen molar-refractivity contribution < 1.29 is 4.74 Å². The van der Waals surface area contributed by atoms with E-state index in [1.807, 2.05) is 12.1 Å². The second-order valence-corrected chi connectivity index (χ2v) is 4.51. The fourth-order valence-electron chi connectivity index (χ4n) is 1.02. The molecule has 0 amide bonds. The first-order valence-corrected chi connectivity index (χ1v) is 5.95. The molecule has 2 rings (SSSR count). The fourth-order valence-corrected chi connectivity index (χ4v) is 2.05. The van der Waals surface area contributed by atoms with E-state index >= 15 is 0 Å². The first-order chi connectivity index (χ1) is 7.29. The van der Waals surface area contributed by atoms with Crippen molar-refractivity contribution in [2.75, 3.05) is 0 Å². The van der Waals surface area contributed by atoms with Crippen LogP contribution in [0.4, 0.5) is 0 Å². The molecule has 0 aliphatic carbocycles. The summed E-state index contributed by atoms with van der Waals surface area (Å²) in [6, 6.07) is 7.27. The van der Waals surface area contributed by atoms with Gasteiger partial charge in [-0.25, -0.2) is 4.98 Å². The van der Waals surface area contributed by atoms with Gasteiger partial charge in [-0.15, -0.1) is 11.6 Å². The van der Waals surface area contributed by atoms with Gasteiger partial charge in [0.1, 0.15) is 5.75 Å². The number of ether oxygens (including phenoxy) is 1. The van der Waals surface area contributed by atoms with Crippen molar-refractivity contribution in [1.82, 2.24) is 4.98 Å². The average Bonchev–Trinajstić information content (AvgIpc) is 2.69. The standard InChI is InChI=1S/C10H7Cl2NOS/c11-5-7-6-13-10(15-7)14-9-4-2-1-3-8(9)12/h1-4,6H,5H2. The molecule has 0 aliphatic heterocycles. The molecule has 0 saturated carbocycles. The van der Waals surface area contributed by atoms with E-state index < -0.39 is 0 Å². The van der Waals surface area contributed by atoms with Crippen molar-refractivity contribution >= 4 is 34.5 Å². The number of para-hydroxylation sites is 1. The highest BCUT2D eigenvalue weighted by Crippen LogP contribution is 2.31. The summed E-state index contributed by atoms with van der Waals surface area (Å²) < 4.78 is 5.51. The molecule has 0 unspecified atom stereocenters. The van der Waals surface area contributed by atoms with Crippen LogP contribution in [-0.2, 0) is 5.88 Å². The molecule has 0 fully saturated rings. The molecule has 0 atom stereocenters. The van der Waals surface area contributed by atoms with Gasteiger partial charge in [0, 0.05) is 11.1 Å². The van der Waals surface area contributed by atoms with Crippen molar-refractivity contribution in [3.8, 4) is 10.9 Å². The summed E-state index contributed by atoms with van der Waals surface area (Å²) in [6.07, 6.45) is 1.70. The zero-order chi connectivity index (χ0) is 10.7. The van der Waals surface area contributed by atoms with Crippen molar-refractivity contribution in [3.05, 3.63) is 40.4 Å². The Morgan fingerprint density at radius 1 is 1.33 bits per heavy atom. The molecule has 15 heavy (non-hydrogen) atoms. The minimum absolute atomic E-state index is 0.448. The topological polar surface area (TPSA) is 22.1 Å². The van der Waals surface area contributed by atoms with Gasteiger partial charge in [0.25, 0.3) is 5.19 Å². The highest BCUT2D eigenvalue weighted by Gasteiger charge is 2.05. The van der Waals surface area contributed by atoms with Gasteiger partial charge >= 0.3 is 0 Å². The van der Waals surface area contributed by atoms with Gasteiger partial charge in [-0.05, 0) is 12.1 Å². The lowest BCUT2D eigenvalue weighted by Gasteiger charge is -2.02. The molecule has 0 N–H and O–H groups in total. The summed E-state index contributed by atoms with van der Waals surface area (Å²) >= 11 is 13.0. The van der Waals surface area contributed by atoms with Crippen LogP contribution in [-0.4, -0.2) is 4.98 Å². The first kappa shape index (κ1) is 10.7. The predicted octanol–water partition coefficient (Wildman–Crippen LogP) is 4.33. The van der Waals surface area contributed by atoms with E-state index in [0.29, 0.717) is 21.8 Å². The Morgan fingerprint density at radius 3 is 2.80 bits per heavy atom. The van der Waals surface area contributed by atoms with Crippen LogP contribution in [0.3, 0.4) is 0 Å². The molecule has 0 bridgehead atoms. The van der Waals surface area contributed by atoms with E-state index in [4.69, 9.17) is 27.9 Å². The Hall–Kier alpha value is -0.770. The molecule has 5 heteroatoms. The minimum Gasteiger partial charge on any atom is -0.429 e. The van der Waals surface area contributed by atoms with Gasteiger partial charge in [0.2, 0.25) is 0 Å². The van der Waals surface area contributed by atoms with E-state index in [1.54, 1.807) is 18.3 Å². The van der Waals surface area contributed by atoms with Crippen LogP contribution in [0.25, 0.3) is 0 Å². The maximum atomic E-state index is 5.94. The van der Waals surface area contributed by atoms with Gasteiger partial charge in [-0.3, -0.25) is 0 Å².